The smallest absolute Gasteiger partial charge is 0.187 e. The van der Waals surface area contributed by atoms with Gasteiger partial charge in [-0.25, -0.2) is 0 Å². The van der Waals surface area contributed by atoms with E-state index in [1.54, 1.807) is 0 Å². The molecule has 4 rings (SSSR count). The third-order valence-corrected chi connectivity index (χ3v) is 7.82. The number of aliphatic hydroxyl groups is 13. The second-order valence-corrected chi connectivity index (χ2v) is 10.7. The van der Waals surface area contributed by atoms with Gasteiger partial charge in [0.15, 0.2) is 25.2 Å². The van der Waals surface area contributed by atoms with Crippen molar-refractivity contribution in [3.63, 3.8) is 0 Å². The van der Waals surface area contributed by atoms with Gasteiger partial charge in [0.1, 0.15) is 91.6 Å². The predicted molar refractivity (Wildman–Crippen MR) is 128 cm³/mol. The normalized spacial score (nSPS) is 53.1. The van der Waals surface area contributed by atoms with E-state index in [-0.39, 0.29) is 0 Å². The highest BCUT2D eigenvalue weighted by atomic mass is 16.8. The molecule has 4 saturated heterocycles. The van der Waals surface area contributed by atoms with Crippen LogP contribution in [-0.2, 0) is 33.2 Å². The molecule has 0 unspecified atom stereocenters. The summed E-state index contributed by atoms with van der Waals surface area (Å²) in [4.78, 5) is 0. The molecular formula is C23H40O20. The molecule has 4 heterocycles. The van der Waals surface area contributed by atoms with Crippen LogP contribution in [0.3, 0.4) is 0 Å². The summed E-state index contributed by atoms with van der Waals surface area (Å²) in [5, 5.41) is 132. The van der Waals surface area contributed by atoms with Crippen molar-refractivity contribution >= 4 is 0 Å². The van der Waals surface area contributed by atoms with Gasteiger partial charge in [-0.2, -0.15) is 0 Å². The van der Waals surface area contributed by atoms with E-state index in [2.05, 4.69) is 0 Å². The molecule has 43 heavy (non-hydrogen) atoms. The Bertz CT molecular complexity index is 869. The van der Waals surface area contributed by atoms with Crippen LogP contribution >= 0.6 is 0 Å². The van der Waals surface area contributed by atoms with Gasteiger partial charge in [0.2, 0.25) is 0 Å². The molecule has 0 aromatic rings. The van der Waals surface area contributed by atoms with Crippen molar-refractivity contribution in [3.8, 4) is 0 Å². The minimum absolute atomic E-state index is 0.490. The summed E-state index contributed by atoms with van der Waals surface area (Å²) >= 11 is 0. The average molecular weight is 637 g/mol. The molecule has 20 heteroatoms. The molecule has 0 radical (unpaired) electrons. The van der Waals surface area contributed by atoms with E-state index in [0.29, 0.717) is 0 Å². The van der Waals surface area contributed by atoms with Crippen LogP contribution in [-0.4, -0.2) is 210 Å². The maximum Gasteiger partial charge on any atom is 0.187 e. The zero-order valence-electron chi connectivity index (χ0n) is 22.5. The van der Waals surface area contributed by atoms with Crippen LogP contribution in [0.5, 0.6) is 0 Å². The summed E-state index contributed by atoms with van der Waals surface area (Å²) in [6.45, 7) is -3.01. The molecule has 20 nitrogen and oxygen atoms in total. The molecule has 4 fully saturated rings. The molecule has 252 valence electrons. The standard InChI is InChI=1S/C23H40O20/c24-1-6-10(29)12(31)15(34)22(39-6)42-18-16(35)17(8(3-26)38-20(18)36)41-23-19(13(32)11(30)7(2-25)40-23)43-21-14(33)9(28)5(27)4-37-21/h5-36H,1-4H2/t5-,6-,7-,8-,9+,10+,11+,12+,13+,14-,15+,16+,17+,18+,19+,20-,21-,22+,23+/m0/s1. The molecule has 0 aromatic carbocycles. The lowest BCUT2D eigenvalue weighted by atomic mass is 9.96. The fraction of sp³-hybridized carbons (Fsp3) is 1.00. The zero-order valence-corrected chi connectivity index (χ0v) is 22.5. The minimum Gasteiger partial charge on any atom is -0.394 e. The van der Waals surface area contributed by atoms with Crippen LogP contribution in [0.25, 0.3) is 0 Å². The van der Waals surface area contributed by atoms with E-state index in [4.69, 9.17) is 33.2 Å². The van der Waals surface area contributed by atoms with Crippen molar-refractivity contribution in [1.82, 2.24) is 0 Å². The molecule has 0 aliphatic carbocycles. The topological polar surface area (TPSA) is 328 Å². The molecule has 0 amide bonds. The lowest BCUT2D eigenvalue weighted by Gasteiger charge is -2.49. The van der Waals surface area contributed by atoms with Crippen LogP contribution in [0.4, 0.5) is 0 Å². The first-order valence-corrected chi connectivity index (χ1v) is 13.5. The quantitative estimate of drug-likeness (QED) is 0.112. The van der Waals surface area contributed by atoms with E-state index >= 15 is 0 Å². The molecule has 0 spiro atoms. The van der Waals surface area contributed by atoms with Crippen molar-refractivity contribution in [1.29, 1.82) is 0 Å². The third kappa shape index (κ3) is 7.13. The lowest BCUT2D eigenvalue weighted by Crippen LogP contribution is -2.67. The van der Waals surface area contributed by atoms with E-state index in [9.17, 15) is 66.4 Å². The Morgan fingerprint density at radius 3 is 1.56 bits per heavy atom. The monoisotopic (exact) mass is 636 g/mol. The molecule has 0 saturated carbocycles. The maximum atomic E-state index is 11.2. The summed E-state index contributed by atoms with van der Waals surface area (Å²) in [5.74, 6) is 0. The predicted octanol–water partition coefficient (Wildman–Crippen LogP) is -9.11. The van der Waals surface area contributed by atoms with Crippen molar-refractivity contribution in [2.45, 2.75) is 117 Å². The van der Waals surface area contributed by atoms with Gasteiger partial charge in [-0.15, -0.1) is 0 Å². The largest absolute Gasteiger partial charge is 0.394 e. The SMILES string of the molecule is OC[C@@H]1O[C@H](O[C@@H]2[C@H](O)[C@H](O[C@H]3O[C@@H](CO)[C@@H](O)[C@@H](O)[C@H]3O[C@@H]3OC[C@H](O)[C@@H](O)[C@@H]3O)[C@H](CO)O[C@@H]2O)[C@H](O)[C@H](O)[C@@H]1O. The van der Waals surface area contributed by atoms with Crippen molar-refractivity contribution < 1.29 is 99.5 Å². The van der Waals surface area contributed by atoms with Crippen LogP contribution < -0.4 is 0 Å². The van der Waals surface area contributed by atoms with E-state index < -0.39 is 143 Å². The van der Waals surface area contributed by atoms with Gasteiger partial charge < -0.3 is 99.5 Å². The number of aliphatic hydroxyl groups excluding tert-OH is 13. The van der Waals surface area contributed by atoms with Crippen LogP contribution in [0.15, 0.2) is 0 Å². The summed E-state index contributed by atoms with van der Waals surface area (Å²) in [5.41, 5.74) is 0. The Morgan fingerprint density at radius 2 is 0.953 bits per heavy atom. The van der Waals surface area contributed by atoms with Gasteiger partial charge >= 0.3 is 0 Å². The molecular weight excluding hydrogens is 596 g/mol. The number of ether oxygens (including phenoxy) is 7. The summed E-state index contributed by atoms with van der Waals surface area (Å²) in [7, 11) is 0. The van der Waals surface area contributed by atoms with Crippen molar-refractivity contribution in [2.24, 2.45) is 0 Å². The Kier molecular flexibility index (Phi) is 12.0. The van der Waals surface area contributed by atoms with E-state index in [0.717, 1.165) is 0 Å². The van der Waals surface area contributed by atoms with E-state index in [1.165, 1.54) is 0 Å². The van der Waals surface area contributed by atoms with Gasteiger partial charge in [-0.05, 0) is 0 Å². The third-order valence-electron chi connectivity index (χ3n) is 7.82. The highest BCUT2D eigenvalue weighted by Gasteiger charge is 2.55. The van der Waals surface area contributed by atoms with Crippen LogP contribution in [0.2, 0.25) is 0 Å². The van der Waals surface area contributed by atoms with Gasteiger partial charge in [0.25, 0.3) is 0 Å². The fourth-order valence-electron chi connectivity index (χ4n) is 5.23. The van der Waals surface area contributed by atoms with Crippen molar-refractivity contribution in [2.75, 3.05) is 26.4 Å². The Morgan fingerprint density at radius 1 is 0.442 bits per heavy atom. The molecule has 4 aliphatic rings. The Balaban J connectivity index is 1.55. The Labute approximate surface area is 243 Å². The van der Waals surface area contributed by atoms with Gasteiger partial charge in [0, 0.05) is 0 Å². The van der Waals surface area contributed by atoms with Gasteiger partial charge in [-0.3, -0.25) is 0 Å². The zero-order chi connectivity index (χ0) is 31.7. The minimum atomic E-state index is -2.00. The first kappa shape index (κ1) is 35.1. The molecule has 19 atom stereocenters. The van der Waals surface area contributed by atoms with Gasteiger partial charge in [0.05, 0.1) is 26.4 Å². The fourth-order valence-corrected chi connectivity index (χ4v) is 5.23. The highest BCUT2D eigenvalue weighted by Crippen LogP contribution is 2.34. The Hall–Kier alpha value is -0.800. The molecule has 4 aliphatic heterocycles. The molecule has 0 bridgehead atoms. The average Bonchev–Trinajstić information content (AvgIpc) is 2.99. The summed E-state index contributed by atoms with van der Waals surface area (Å²) in [6, 6.07) is 0. The second kappa shape index (κ2) is 14.7. The highest BCUT2D eigenvalue weighted by molar-refractivity contribution is 4.97. The summed E-state index contributed by atoms with van der Waals surface area (Å²) < 4.78 is 38.0. The second-order valence-electron chi connectivity index (χ2n) is 10.7. The molecule has 0 aromatic heterocycles. The van der Waals surface area contributed by atoms with E-state index in [1.807, 2.05) is 0 Å². The number of hydrogen-bond donors (Lipinski definition) is 13. The maximum absolute atomic E-state index is 11.2. The first-order chi connectivity index (χ1) is 20.3. The van der Waals surface area contributed by atoms with Crippen molar-refractivity contribution in [3.05, 3.63) is 0 Å². The van der Waals surface area contributed by atoms with Crippen LogP contribution in [0.1, 0.15) is 0 Å². The number of rotatable bonds is 9. The number of hydrogen-bond acceptors (Lipinski definition) is 20. The molecule has 13 N–H and O–H groups in total. The summed E-state index contributed by atoms with van der Waals surface area (Å²) in [6.07, 6.45) is -33.3. The van der Waals surface area contributed by atoms with Crippen LogP contribution in [0, 0.1) is 0 Å². The first-order valence-electron chi connectivity index (χ1n) is 13.5. The van der Waals surface area contributed by atoms with Gasteiger partial charge in [-0.1, -0.05) is 0 Å². The lowest BCUT2D eigenvalue weighted by molar-refractivity contribution is -0.394.